The van der Waals surface area contributed by atoms with Crippen LogP contribution in [0.15, 0.2) is 53.2 Å². The van der Waals surface area contributed by atoms with Crippen LogP contribution in [0, 0.1) is 0 Å². The minimum absolute atomic E-state index is 0.0484. The lowest BCUT2D eigenvalue weighted by Gasteiger charge is -2.13. The van der Waals surface area contributed by atoms with Gasteiger partial charge in [0.2, 0.25) is 5.91 Å². The number of aromatic nitrogens is 2. The zero-order valence-electron chi connectivity index (χ0n) is 16.8. The molecule has 2 heterocycles. The smallest absolute Gasteiger partial charge is 0.274 e. The van der Waals surface area contributed by atoms with Gasteiger partial charge in [-0.3, -0.25) is 14.6 Å². The van der Waals surface area contributed by atoms with Crippen molar-refractivity contribution in [3.05, 3.63) is 60.0 Å². The van der Waals surface area contributed by atoms with Crippen molar-refractivity contribution in [1.82, 2.24) is 20.8 Å². The number of hydrogen-bond donors (Lipinski definition) is 2. The number of amides is 2. The number of nitrogens with one attached hydrogen (secondary N) is 2. The van der Waals surface area contributed by atoms with Crippen LogP contribution in [0.1, 0.15) is 23.1 Å². The summed E-state index contributed by atoms with van der Waals surface area (Å²) in [5.41, 5.74) is 1.39. The van der Waals surface area contributed by atoms with Crippen LogP contribution < -0.4 is 20.1 Å². The highest BCUT2D eigenvalue weighted by Gasteiger charge is 2.21. The second-order valence-corrected chi connectivity index (χ2v) is 6.38. The minimum Gasteiger partial charge on any atom is -0.497 e. The molecule has 156 valence electrons. The maximum atomic E-state index is 12.5. The van der Waals surface area contributed by atoms with Crippen LogP contribution >= 0.6 is 0 Å². The lowest BCUT2D eigenvalue weighted by Crippen LogP contribution is -2.44. The first-order valence-electron chi connectivity index (χ1n) is 9.19. The quantitative estimate of drug-likeness (QED) is 0.585. The molecule has 0 aliphatic heterocycles. The zero-order chi connectivity index (χ0) is 21.5. The summed E-state index contributed by atoms with van der Waals surface area (Å²) < 4.78 is 15.8. The van der Waals surface area contributed by atoms with Gasteiger partial charge in [0, 0.05) is 18.3 Å². The second kappa shape index (κ2) is 9.55. The molecular weight excluding hydrogens is 388 g/mol. The predicted octanol–water partition coefficient (Wildman–Crippen LogP) is 2.19. The van der Waals surface area contributed by atoms with Gasteiger partial charge < -0.3 is 24.6 Å². The Labute approximate surface area is 173 Å². The van der Waals surface area contributed by atoms with Gasteiger partial charge in [-0.15, -0.1) is 0 Å². The van der Waals surface area contributed by atoms with E-state index in [4.69, 9.17) is 14.0 Å². The number of nitrogens with zero attached hydrogens (tertiary/aromatic N) is 2. The van der Waals surface area contributed by atoms with Crippen LogP contribution in [0.4, 0.5) is 0 Å². The number of carbonyl (C=O) groups excluding carboxylic acids is 2. The molecule has 30 heavy (non-hydrogen) atoms. The number of benzene rings is 1. The standard InChI is InChI=1S/C21H22N4O5/c1-13(20(26)23-12-14-6-4-5-9-22-14)24-21(27)17-11-19(30-25-17)16-8-7-15(28-2)10-18(16)29-3/h4-11,13H,12H2,1-3H3,(H,23,26)(H,24,27). The number of methoxy groups -OCH3 is 2. The van der Waals surface area contributed by atoms with Gasteiger partial charge in [0.25, 0.3) is 5.91 Å². The molecule has 1 atom stereocenters. The molecule has 3 rings (SSSR count). The molecule has 2 N–H and O–H groups in total. The highest BCUT2D eigenvalue weighted by Crippen LogP contribution is 2.33. The molecule has 3 aromatic rings. The van der Waals surface area contributed by atoms with Crippen LogP contribution in [0.25, 0.3) is 11.3 Å². The maximum absolute atomic E-state index is 12.5. The van der Waals surface area contributed by atoms with E-state index in [0.717, 1.165) is 5.69 Å². The predicted molar refractivity (Wildman–Crippen MR) is 108 cm³/mol. The Bertz CT molecular complexity index is 1020. The molecule has 9 heteroatoms. The van der Waals surface area contributed by atoms with E-state index in [2.05, 4.69) is 20.8 Å². The summed E-state index contributed by atoms with van der Waals surface area (Å²) in [4.78, 5) is 28.8. The van der Waals surface area contributed by atoms with Gasteiger partial charge >= 0.3 is 0 Å². The SMILES string of the molecule is COc1ccc(-c2cc(C(=O)NC(C)C(=O)NCc3ccccn3)no2)c(OC)c1. The molecule has 9 nitrogen and oxygen atoms in total. The molecule has 2 amide bonds. The van der Waals surface area contributed by atoms with E-state index >= 15 is 0 Å². The third kappa shape index (κ3) is 4.93. The molecular formula is C21H22N4O5. The monoisotopic (exact) mass is 410 g/mol. The fourth-order valence-corrected chi connectivity index (χ4v) is 2.68. The number of pyridine rings is 1. The first kappa shape index (κ1) is 20.8. The van der Waals surface area contributed by atoms with Gasteiger partial charge in [-0.05, 0) is 31.2 Å². The first-order chi connectivity index (χ1) is 14.5. The van der Waals surface area contributed by atoms with E-state index in [1.165, 1.54) is 13.2 Å². The second-order valence-electron chi connectivity index (χ2n) is 6.38. The molecule has 0 aliphatic carbocycles. The van der Waals surface area contributed by atoms with Crippen LogP contribution in [-0.4, -0.2) is 42.2 Å². The summed E-state index contributed by atoms with van der Waals surface area (Å²) in [6, 6.07) is 11.3. The van der Waals surface area contributed by atoms with Gasteiger partial charge in [0.05, 0.1) is 32.0 Å². The maximum Gasteiger partial charge on any atom is 0.274 e. The first-order valence-corrected chi connectivity index (χ1v) is 9.19. The number of ether oxygens (including phenoxy) is 2. The summed E-state index contributed by atoms with van der Waals surface area (Å²) in [7, 11) is 3.08. The summed E-state index contributed by atoms with van der Waals surface area (Å²) in [6.45, 7) is 1.85. The van der Waals surface area contributed by atoms with Gasteiger partial charge in [-0.25, -0.2) is 0 Å². The molecule has 0 spiro atoms. The molecule has 2 aromatic heterocycles. The molecule has 0 saturated carbocycles. The summed E-state index contributed by atoms with van der Waals surface area (Å²) in [5, 5.41) is 9.12. The van der Waals surface area contributed by atoms with Crippen molar-refractivity contribution in [2.24, 2.45) is 0 Å². The lowest BCUT2D eigenvalue weighted by atomic mass is 10.1. The van der Waals surface area contributed by atoms with E-state index in [0.29, 0.717) is 22.8 Å². The van der Waals surface area contributed by atoms with Crippen LogP contribution in [0.3, 0.4) is 0 Å². The van der Waals surface area contributed by atoms with Crippen molar-refractivity contribution in [2.45, 2.75) is 19.5 Å². The van der Waals surface area contributed by atoms with Crippen LogP contribution in [-0.2, 0) is 11.3 Å². The Kier molecular flexibility index (Phi) is 6.63. The van der Waals surface area contributed by atoms with E-state index < -0.39 is 11.9 Å². The molecule has 0 radical (unpaired) electrons. The van der Waals surface area contributed by atoms with E-state index in [1.807, 2.05) is 6.07 Å². The van der Waals surface area contributed by atoms with E-state index in [9.17, 15) is 9.59 Å². The molecule has 1 aromatic carbocycles. The fraction of sp³-hybridized carbons (Fsp3) is 0.238. The highest BCUT2D eigenvalue weighted by atomic mass is 16.5. The van der Waals surface area contributed by atoms with E-state index in [-0.39, 0.29) is 18.1 Å². The third-order valence-electron chi connectivity index (χ3n) is 4.33. The topological polar surface area (TPSA) is 116 Å². The number of hydrogen-bond acceptors (Lipinski definition) is 7. The number of carbonyl (C=O) groups is 2. The molecule has 1 unspecified atom stereocenters. The molecule has 0 saturated heterocycles. The van der Waals surface area contributed by atoms with E-state index in [1.54, 1.807) is 50.6 Å². The largest absolute Gasteiger partial charge is 0.497 e. The van der Waals surface area contributed by atoms with Crippen LogP contribution in [0.2, 0.25) is 0 Å². The Balaban J connectivity index is 1.62. The Morgan fingerprint density at radius 2 is 1.97 bits per heavy atom. The van der Waals surface area contributed by atoms with Crippen molar-refractivity contribution in [3.63, 3.8) is 0 Å². The molecule has 0 aliphatic rings. The van der Waals surface area contributed by atoms with Gasteiger partial charge in [0.1, 0.15) is 17.5 Å². The zero-order valence-corrected chi connectivity index (χ0v) is 16.8. The van der Waals surface area contributed by atoms with Crippen molar-refractivity contribution in [1.29, 1.82) is 0 Å². The molecule has 0 fully saturated rings. The average Bonchev–Trinajstić information content (AvgIpc) is 3.27. The van der Waals surface area contributed by atoms with Crippen molar-refractivity contribution in [2.75, 3.05) is 14.2 Å². The van der Waals surface area contributed by atoms with Gasteiger partial charge in [-0.2, -0.15) is 0 Å². The molecule has 0 bridgehead atoms. The summed E-state index contributed by atoms with van der Waals surface area (Å²) >= 11 is 0. The normalized spacial score (nSPS) is 11.4. The average molecular weight is 410 g/mol. The summed E-state index contributed by atoms with van der Waals surface area (Å²) in [6.07, 6.45) is 1.65. The van der Waals surface area contributed by atoms with Crippen molar-refractivity contribution >= 4 is 11.8 Å². The number of rotatable bonds is 8. The van der Waals surface area contributed by atoms with Crippen molar-refractivity contribution in [3.8, 4) is 22.8 Å². The Morgan fingerprint density at radius 1 is 1.13 bits per heavy atom. The van der Waals surface area contributed by atoms with Crippen LogP contribution in [0.5, 0.6) is 11.5 Å². The fourth-order valence-electron chi connectivity index (χ4n) is 2.68. The van der Waals surface area contributed by atoms with Gasteiger partial charge in [-0.1, -0.05) is 11.2 Å². The van der Waals surface area contributed by atoms with Crippen molar-refractivity contribution < 1.29 is 23.6 Å². The third-order valence-corrected chi connectivity index (χ3v) is 4.33. The Morgan fingerprint density at radius 3 is 2.67 bits per heavy atom. The Hall–Kier alpha value is -3.88. The lowest BCUT2D eigenvalue weighted by molar-refractivity contribution is -0.122. The minimum atomic E-state index is -0.767. The highest BCUT2D eigenvalue weighted by molar-refractivity contribution is 5.96. The van der Waals surface area contributed by atoms with Gasteiger partial charge in [0.15, 0.2) is 11.5 Å². The summed E-state index contributed by atoms with van der Waals surface area (Å²) in [5.74, 6) is 0.623.